The maximum Gasteiger partial charge on any atom is 0.251 e. The van der Waals surface area contributed by atoms with Crippen molar-refractivity contribution in [1.29, 1.82) is 0 Å². The topological polar surface area (TPSA) is 29.1 Å². The van der Waals surface area contributed by atoms with Gasteiger partial charge in [0.25, 0.3) is 5.91 Å². The molecule has 1 rings (SSSR count). The van der Waals surface area contributed by atoms with E-state index in [-0.39, 0.29) is 5.91 Å². The molecule has 0 aliphatic heterocycles. The molecule has 0 aromatic heterocycles. The molecule has 1 N–H and O–H groups in total. The molecule has 0 heterocycles. The molecule has 94 valence electrons. The van der Waals surface area contributed by atoms with Crippen LogP contribution in [0.15, 0.2) is 30.3 Å². The van der Waals surface area contributed by atoms with Gasteiger partial charge in [0.15, 0.2) is 0 Å². The lowest BCUT2D eigenvalue weighted by Gasteiger charge is -2.19. The number of alkyl halides is 1. The zero-order valence-corrected chi connectivity index (χ0v) is 12.0. The van der Waals surface area contributed by atoms with Gasteiger partial charge < -0.3 is 5.32 Å². The predicted octanol–water partition coefficient (Wildman–Crippen LogP) is 3.62. The Morgan fingerprint density at radius 2 is 1.82 bits per heavy atom. The summed E-state index contributed by atoms with van der Waals surface area (Å²) < 4.78 is 0. The van der Waals surface area contributed by atoms with Crippen LogP contribution in [-0.2, 0) is 0 Å². The molecule has 3 heteroatoms. The second-order valence-corrected chi connectivity index (χ2v) is 5.34. The Hall–Kier alpha value is -0.830. The average Bonchev–Trinajstić information content (AvgIpc) is 2.38. The zero-order valence-electron chi connectivity index (χ0n) is 10.4. The van der Waals surface area contributed by atoms with E-state index in [1.807, 2.05) is 30.3 Å². The highest BCUT2D eigenvalue weighted by Gasteiger charge is 2.16. The van der Waals surface area contributed by atoms with Gasteiger partial charge in [-0.2, -0.15) is 0 Å². The lowest BCUT2D eigenvalue weighted by molar-refractivity contribution is 0.0952. The molecule has 0 aliphatic carbocycles. The van der Waals surface area contributed by atoms with Gasteiger partial charge in [-0.25, -0.2) is 0 Å². The molecule has 0 saturated heterocycles. The van der Waals surface area contributed by atoms with E-state index in [9.17, 15) is 4.79 Å². The summed E-state index contributed by atoms with van der Waals surface area (Å²) in [5.74, 6) is 0.618. The molecule has 1 aromatic carbocycles. The van der Waals surface area contributed by atoms with E-state index < -0.39 is 0 Å². The van der Waals surface area contributed by atoms with Gasteiger partial charge in [-0.05, 0) is 18.1 Å². The van der Waals surface area contributed by atoms with Gasteiger partial charge >= 0.3 is 0 Å². The van der Waals surface area contributed by atoms with Crippen LogP contribution in [-0.4, -0.2) is 17.3 Å². The largest absolute Gasteiger partial charge is 0.351 e. The minimum absolute atomic E-state index is 0.000932. The summed E-state index contributed by atoms with van der Waals surface area (Å²) in [4.78, 5) is 12.2. The van der Waals surface area contributed by atoms with Crippen molar-refractivity contribution in [2.75, 3.05) is 6.54 Å². The van der Waals surface area contributed by atoms with E-state index in [0.29, 0.717) is 17.3 Å². The van der Waals surface area contributed by atoms with E-state index in [1.54, 1.807) is 0 Å². The molecule has 0 radical (unpaired) electrons. The van der Waals surface area contributed by atoms with E-state index in [4.69, 9.17) is 0 Å². The maximum absolute atomic E-state index is 11.8. The summed E-state index contributed by atoms with van der Waals surface area (Å²) in [7, 11) is 0. The summed E-state index contributed by atoms with van der Waals surface area (Å²) in [6.45, 7) is 5.04. The van der Waals surface area contributed by atoms with Gasteiger partial charge in [0.05, 0.1) is 0 Å². The fourth-order valence-corrected chi connectivity index (χ4v) is 2.76. The smallest absolute Gasteiger partial charge is 0.251 e. The molecule has 0 fully saturated rings. The van der Waals surface area contributed by atoms with Crippen molar-refractivity contribution in [3.05, 3.63) is 35.9 Å². The van der Waals surface area contributed by atoms with Gasteiger partial charge in [0, 0.05) is 16.9 Å². The van der Waals surface area contributed by atoms with E-state index in [1.165, 1.54) is 0 Å². The summed E-state index contributed by atoms with van der Waals surface area (Å²) in [6, 6.07) is 9.32. The van der Waals surface area contributed by atoms with E-state index in [0.717, 1.165) is 18.4 Å². The monoisotopic (exact) mass is 297 g/mol. The predicted molar refractivity (Wildman–Crippen MR) is 75.6 cm³/mol. The van der Waals surface area contributed by atoms with Gasteiger partial charge in [-0.15, -0.1) is 0 Å². The highest BCUT2D eigenvalue weighted by Crippen LogP contribution is 2.19. The molecular formula is C14H20BrNO. The van der Waals surface area contributed by atoms with Crippen LogP contribution in [0.25, 0.3) is 0 Å². The molecule has 1 atom stereocenters. The third kappa shape index (κ3) is 4.50. The van der Waals surface area contributed by atoms with Crippen LogP contribution in [0.2, 0.25) is 0 Å². The average molecular weight is 298 g/mol. The highest BCUT2D eigenvalue weighted by atomic mass is 79.9. The molecular weight excluding hydrogens is 278 g/mol. The van der Waals surface area contributed by atoms with Crippen molar-refractivity contribution in [2.24, 2.45) is 5.92 Å². The third-order valence-corrected chi connectivity index (χ3v) is 4.13. The molecule has 0 bridgehead atoms. The Morgan fingerprint density at radius 1 is 1.24 bits per heavy atom. The Morgan fingerprint density at radius 3 is 2.35 bits per heavy atom. The fourth-order valence-electron chi connectivity index (χ4n) is 1.85. The number of halogens is 1. The number of benzene rings is 1. The quantitative estimate of drug-likeness (QED) is 0.799. The maximum atomic E-state index is 11.8. The minimum atomic E-state index is 0.000932. The van der Waals surface area contributed by atoms with Crippen LogP contribution in [0.3, 0.4) is 0 Å². The second-order valence-electron chi connectivity index (χ2n) is 4.17. The number of carbonyl (C=O) groups excluding carboxylic acids is 1. The van der Waals surface area contributed by atoms with Crippen LogP contribution in [0.1, 0.15) is 37.0 Å². The standard InChI is InChI=1S/C14H20BrNO/c1-3-11(4-2)13(15)10-16-14(17)12-8-6-5-7-9-12/h5-9,11,13H,3-4,10H2,1-2H3,(H,16,17). The van der Waals surface area contributed by atoms with Crippen LogP contribution in [0.5, 0.6) is 0 Å². The van der Waals surface area contributed by atoms with Crippen LogP contribution < -0.4 is 5.32 Å². The molecule has 1 aromatic rings. The van der Waals surface area contributed by atoms with Crippen LogP contribution >= 0.6 is 15.9 Å². The van der Waals surface area contributed by atoms with Crippen LogP contribution in [0, 0.1) is 5.92 Å². The first-order chi connectivity index (χ1) is 8.19. The van der Waals surface area contributed by atoms with Crippen molar-refractivity contribution in [3.63, 3.8) is 0 Å². The first-order valence-corrected chi connectivity index (χ1v) is 7.07. The number of hydrogen-bond donors (Lipinski definition) is 1. The van der Waals surface area contributed by atoms with Gasteiger partial charge in [0.2, 0.25) is 0 Å². The Kier molecular flexibility index (Phi) is 6.27. The van der Waals surface area contributed by atoms with E-state index in [2.05, 4.69) is 35.1 Å². The Labute approximate surface area is 112 Å². The zero-order chi connectivity index (χ0) is 12.7. The van der Waals surface area contributed by atoms with Crippen molar-refractivity contribution < 1.29 is 4.79 Å². The normalized spacial score (nSPS) is 12.5. The van der Waals surface area contributed by atoms with Gasteiger partial charge in [0.1, 0.15) is 0 Å². The van der Waals surface area contributed by atoms with Crippen molar-refractivity contribution >= 4 is 21.8 Å². The first kappa shape index (κ1) is 14.2. The second kappa shape index (κ2) is 7.49. The molecule has 1 unspecified atom stereocenters. The van der Waals surface area contributed by atoms with Crippen molar-refractivity contribution in [2.45, 2.75) is 31.5 Å². The lowest BCUT2D eigenvalue weighted by atomic mass is 9.99. The summed E-state index contributed by atoms with van der Waals surface area (Å²) in [5, 5.41) is 2.96. The molecule has 0 aliphatic rings. The number of carbonyl (C=O) groups is 1. The molecule has 0 spiro atoms. The number of amides is 1. The first-order valence-electron chi connectivity index (χ1n) is 6.16. The molecule has 17 heavy (non-hydrogen) atoms. The van der Waals surface area contributed by atoms with Crippen LogP contribution in [0.4, 0.5) is 0 Å². The highest BCUT2D eigenvalue weighted by molar-refractivity contribution is 9.09. The molecule has 1 amide bonds. The number of hydrogen-bond acceptors (Lipinski definition) is 1. The van der Waals surface area contributed by atoms with E-state index >= 15 is 0 Å². The Balaban J connectivity index is 2.43. The minimum Gasteiger partial charge on any atom is -0.351 e. The number of nitrogens with one attached hydrogen (secondary N) is 1. The van der Waals surface area contributed by atoms with Gasteiger partial charge in [-0.3, -0.25) is 4.79 Å². The summed E-state index contributed by atoms with van der Waals surface area (Å²) in [5.41, 5.74) is 0.719. The SMILES string of the molecule is CCC(CC)C(Br)CNC(=O)c1ccccc1. The Bertz CT molecular complexity index is 335. The van der Waals surface area contributed by atoms with Gasteiger partial charge in [-0.1, -0.05) is 60.8 Å². The van der Waals surface area contributed by atoms with Crippen molar-refractivity contribution in [1.82, 2.24) is 5.32 Å². The third-order valence-electron chi connectivity index (χ3n) is 3.05. The summed E-state index contributed by atoms with van der Waals surface area (Å²) in [6.07, 6.45) is 2.27. The lowest BCUT2D eigenvalue weighted by Crippen LogP contribution is -2.32. The molecule has 2 nitrogen and oxygen atoms in total. The number of rotatable bonds is 6. The molecule has 0 saturated carbocycles. The van der Waals surface area contributed by atoms with Crippen molar-refractivity contribution in [3.8, 4) is 0 Å². The summed E-state index contributed by atoms with van der Waals surface area (Å²) >= 11 is 3.65. The fraction of sp³-hybridized carbons (Fsp3) is 0.500.